The molecule has 1 saturated carbocycles. The van der Waals surface area contributed by atoms with Crippen LogP contribution in [0.1, 0.15) is 90.1 Å². The summed E-state index contributed by atoms with van der Waals surface area (Å²) in [6.45, 7) is 2.95. The summed E-state index contributed by atoms with van der Waals surface area (Å²) < 4.78 is 43.3. The molecule has 1 aromatic heterocycles. The number of halogens is 4. The van der Waals surface area contributed by atoms with Gasteiger partial charge in [0.1, 0.15) is 0 Å². The number of likely N-dealkylation sites (tertiary alicyclic amines) is 3. The van der Waals surface area contributed by atoms with Gasteiger partial charge in [0.05, 0.1) is 35.1 Å². The van der Waals surface area contributed by atoms with Crippen molar-refractivity contribution in [2.45, 2.75) is 75.2 Å². The van der Waals surface area contributed by atoms with Crippen molar-refractivity contribution in [3.8, 4) is 0 Å². The van der Waals surface area contributed by atoms with Gasteiger partial charge in [-0.25, -0.2) is 4.79 Å². The highest BCUT2D eigenvalue weighted by atomic mass is 35.5. The molecule has 0 bridgehead atoms. The molecule has 2 aromatic rings. The number of benzene rings is 1. The highest BCUT2D eigenvalue weighted by molar-refractivity contribution is 5.96. The molecule has 1 aliphatic carbocycles. The van der Waals surface area contributed by atoms with Gasteiger partial charge in [-0.1, -0.05) is 18.2 Å². The fraction of sp³-hybridized carbons (Fsp3) is 0.607. The highest BCUT2D eigenvalue weighted by Gasteiger charge is 2.42. The molecule has 2 unspecified atom stereocenters. The van der Waals surface area contributed by atoms with Crippen LogP contribution in [-0.4, -0.2) is 75.2 Å². The fourth-order valence-corrected chi connectivity index (χ4v) is 6.59. The van der Waals surface area contributed by atoms with Crippen LogP contribution in [0.25, 0.3) is 0 Å². The summed E-state index contributed by atoms with van der Waals surface area (Å²) in [4.78, 5) is 32.1. The monoisotopic (exact) mass is 580 g/mol. The Balaban J connectivity index is 0.00000323. The van der Waals surface area contributed by atoms with Gasteiger partial charge in [0.25, 0.3) is 5.91 Å². The molecule has 0 spiro atoms. The van der Waals surface area contributed by atoms with Crippen LogP contribution in [0.3, 0.4) is 0 Å². The van der Waals surface area contributed by atoms with E-state index < -0.39 is 17.8 Å². The number of urea groups is 1. The summed E-state index contributed by atoms with van der Waals surface area (Å²) in [6.07, 6.45) is 2.55. The number of hydrogen-bond donors (Lipinski definition) is 1. The van der Waals surface area contributed by atoms with Crippen LogP contribution >= 0.6 is 12.4 Å². The minimum atomic E-state index is -4.48. The van der Waals surface area contributed by atoms with E-state index in [0.717, 1.165) is 43.9 Å². The van der Waals surface area contributed by atoms with Gasteiger partial charge in [0.2, 0.25) is 0 Å². The molecule has 4 heterocycles. The van der Waals surface area contributed by atoms with Crippen LogP contribution in [0.15, 0.2) is 30.5 Å². The average Bonchev–Trinajstić information content (AvgIpc) is 3.30. The van der Waals surface area contributed by atoms with E-state index in [1.165, 1.54) is 12.1 Å². The van der Waals surface area contributed by atoms with Crippen LogP contribution in [0.2, 0.25) is 0 Å². The maximum absolute atomic E-state index is 13.9. The lowest BCUT2D eigenvalue weighted by Crippen LogP contribution is -2.46. The molecule has 3 aliphatic heterocycles. The zero-order chi connectivity index (χ0) is 27.3. The number of hydrogen-bond acceptors (Lipinski definition) is 4. The maximum Gasteiger partial charge on any atom is 0.416 e. The van der Waals surface area contributed by atoms with E-state index in [4.69, 9.17) is 5.73 Å². The molecule has 12 heteroatoms. The normalized spacial score (nSPS) is 23.9. The molecule has 4 aliphatic rings. The number of carbonyl (C=O) groups is 2. The third-order valence-corrected chi connectivity index (χ3v) is 8.74. The van der Waals surface area contributed by atoms with E-state index in [-0.39, 0.29) is 47.9 Å². The van der Waals surface area contributed by atoms with E-state index in [9.17, 15) is 22.8 Å². The van der Waals surface area contributed by atoms with E-state index >= 15 is 0 Å². The van der Waals surface area contributed by atoms with Crippen LogP contribution in [0, 0.1) is 0 Å². The van der Waals surface area contributed by atoms with Gasteiger partial charge in [-0.15, -0.1) is 12.4 Å². The number of piperidine rings is 1. The minimum Gasteiger partial charge on any atom is -0.331 e. The van der Waals surface area contributed by atoms with Gasteiger partial charge in [-0.05, 0) is 56.6 Å². The summed E-state index contributed by atoms with van der Waals surface area (Å²) in [5.41, 5.74) is 6.88. The average molecular weight is 581 g/mol. The third kappa shape index (κ3) is 5.42. The van der Waals surface area contributed by atoms with Crippen molar-refractivity contribution in [1.29, 1.82) is 0 Å². The molecule has 218 valence electrons. The Labute approximate surface area is 238 Å². The van der Waals surface area contributed by atoms with Crippen molar-refractivity contribution >= 4 is 24.3 Å². The van der Waals surface area contributed by atoms with E-state index in [1.54, 1.807) is 17.2 Å². The highest BCUT2D eigenvalue weighted by Crippen LogP contribution is 2.45. The number of nitrogens with zero attached hydrogens (tertiary/aromatic N) is 5. The molecule has 2 atom stereocenters. The molecule has 2 N–H and O–H groups in total. The number of nitrogens with two attached hydrogens (primary N) is 1. The van der Waals surface area contributed by atoms with Gasteiger partial charge >= 0.3 is 12.2 Å². The van der Waals surface area contributed by atoms with Crippen LogP contribution in [-0.2, 0) is 6.18 Å². The fourth-order valence-electron chi connectivity index (χ4n) is 6.59. The topological polar surface area (TPSA) is 87.7 Å². The Morgan fingerprint density at radius 2 is 1.62 bits per heavy atom. The standard InChI is InChI=1S/C28H35F3N6O2.ClH/c29-28(30,31)23-5-2-1-4-21(23)24-6-3-12-36(24)26(38)22-16-33-37(25(22)18-7-8-18)20-10-14-34(15-11-20)27(39)35-13-9-19(32)17-35;/h1-2,4-5,16,18-20,24H,3,6-15,17,32H2;1H. The lowest BCUT2D eigenvalue weighted by Gasteiger charge is -2.35. The van der Waals surface area contributed by atoms with Gasteiger partial charge < -0.3 is 20.4 Å². The van der Waals surface area contributed by atoms with Crippen molar-refractivity contribution < 1.29 is 22.8 Å². The van der Waals surface area contributed by atoms with Crippen molar-refractivity contribution in [1.82, 2.24) is 24.5 Å². The Bertz CT molecular complexity index is 1240. The molecular formula is C28H36ClF3N6O2. The van der Waals surface area contributed by atoms with E-state index in [1.807, 2.05) is 14.5 Å². The molecular weight excluding hydrogens is 545 g/mol. The number of aromatic nitrogens is 2. The summed E-state index contributed by atoms with van der Waals surface area (Å²) in [7, 11) is 0. The van der Waals surface area contributed by atoms with Crippen molar-refractivity contribution in [2.75, 3.05) is 32.7 Å². The Morgan fingerprint density at radius 3 is 2.27 bits per heavy atom. The van der Waals surface area contributed by atoms with Crippen molar-refractivity contribution in [2.24, 2.45) is 5.73 Å². The lowest BCUT2D eigenvalue weighted by molar-refractivity contribution is -0.138. The van der Waals surface area contributed by atoms with E-state index in [0.29, 0.717) is 51.1 Å². The zero-order valence-electron chi connectivity index (χ0n) is 22.4. The second-order valence-corrected chi connectivity index (χ2v) is 11.4. The van der Waals surface area contributed by atoms with Crippen LogP contribution < -0.4 is 5.73 Å². The first-order valence-electron chi connectivity index (χ1n) is 14.1. The first-order chi connectivity index (χ1) is 18.7. The Hall–Kier alpha value is -2.79. The molecule has 3 amide bonds. The predicted molar refractivity (Wildman–Crippen MR) is 145 cm³/mol. The summed E-state index contributed by atoms with van der Waals surface area (Å²) in [5, 5.41) is 4.66. The molecule has 8 nitrogen and oxygen atoms in total. The summed E-state index contributed by atoms with van der Waals surface area (Å²) in [6, 6.07) is 5.14. The van der Waals surface area contributed by atoms with Gasteiger partial charge in [-0.2, -0.15) is 18.3 Å². The molecule has 0 radical (unpaired) electrons. The lowest BCUT2D eigenvalue weighted by atomic mass is 9.97. The number of alkyl halides is 3. The summed E-state index contributed by atoms with van der Waals surface area (Å²) >= 11 is 0. The molecule has 3 saturated heterocycles. The second-order valence-electron chi connectivity index (χ2n) is 11.4. The molecule has 40 heavy (non-hydrogen) atoms. The van der Waals surface area contributed by atoms with Crippen LogP contribution in [0.5, 0.6) is 0 Å². The quantitative estimate of drug-likeness (QED) is 0.553. The molecule has 1 aromatic carbocycles. The van der Waals surface area contributed by atoms with Gasteiger partial charge in [-0.3, -0.25) is 9.48 Å². The summed E-state index contributed by atoms with van der Waals surface area (Å²) in [5.74, 6) is 0.00123. The second kappa shape index (κ2) is 11.2. The third-order valence-electron chi connectivity index (χ3n) is 8.74. The number of carbonyl (C=O) groups excluding carboxylic acids is 2. The smallest absolute Gasteiger partial charge is 0.331 e. The first kappa shape index (κ1) is 28.7. The predicted octanol–water partition coefficient (Wildman–Crippen LogP) is 4.97. The largest absolute Gasteiger partial charge is 0.416 e. The minimum absolute atomic E-state index is 0. The number of rotatable bonds is 4. The van der Waals surface area contributed by atoms with Crippen molar-refractivity contribution in [3.63, 3.8) is 0 Å². The van der Waals surface area contributed by atoms with Gasteiger partial charge in [0, 0.05) is 44.7 Å². The Morgan fingerprint density at radius 1 is 0.925 bits per heavy atom. The zero-order valence-corrected chi connectivity index (χ0v) is 23.2. The molecule has 6 rings (SSSR count). The van der Waals surface area contributed by atoms with E-state index in [2.05, 4.69) is 5.10 Å². The van der Waals surface area contributed by atoms with Crippen molar-refractivity contribution in [3.05, 3.63) is 52.8 Å². The van der Waals surface area contributed by atoms with Crippen LogP contribution in [0.4, 0.5) is 18.0 Å². The SMILES string of the molecule is Cl.NC1CCN(C(=O)N2CCC(n3ncc(C(=O)N4CCCC4c4ccccc4C(F)(F)F)c3C3CC3)CC2)C1. The van der Waals surface area contributed by atoms with Gasteiger partial charge in [0.15, 0.2) is 0 Å². The number of amides is 3. The maximum atomic E-state index is 13.9. The Kier molecular flexibility index (Phi) is 8.07. The first-order valence-corrected chi connectivity index (χ1v) is 14.1. The molecule has 4 fully saturated rings.